The van der Waals surface area contributed by atoms with Crippen molar-refractivity contribution in [3.05, 3.63) is 60.2 Å². The number of carbonyl (C=O) groups is 2. The molecule has 0 atom stereocenters. The maximum Gasteiger partial charge on any atom is 0.242 e. The van der Waals surface area contributed by atoms with Crippen molar-refractivity contribution in [1.29, 1.82) is 0 Å². The molecule has 160 valence electrons. The summed E-state index contributed by atoms with van der Waals surface area (Å²) in [6.07, 6.45) is 1.20. The number of aryl methyl sites for hydroxylation is 1. The quantitative estimate of drug-likeness (QED) is 0.673. The maximum absolute atomic E-state index is 12.8. The molecule has 1 fully saturated rings. The Kier molecular flexibility index (Phi) is 7.71. The number of methoxy groups -OCH3 is 1. The molecule has 1 aliphatic heterocycles. The number of likely N-dealkylation sites (N-methyl/N-ethyl adjacent to an activating group) is 1. The zero-order valence-corrected chi connectivity index (χ0v) is 17.9. The molecule has 6 nitrogen and oxygen atoms in total. The highest BCUT2D eigenvalue weighted by Gasteiger charge is 2.24. The van der Waals surface area contributed by atoms with E-state index in [0.29, 0.717) is 45.6 Å². The van der Waals surface area contributed by atoms with Crippen molar-refractivity contribution >= 4 is 17.5 Å². The maximum atomic E-state index is 12.8. The van der Waals surface area contributed by atoms with Gasteiger partial charge in [-0.2, -0.15) is 0 Å². The predicted molar refractivity (Wildman–Crippen MR) is 119 cm³/mol. The summed E-state index contributed by atoms with van der Waals surface area (Å²) in [5.74, 6) is 1.09. The smallest absolute Gasteiger partial charge is 0.242 e. The summed E-state index contributed by atoms with van der Waals surface area (Å²) in [6.45, 7) is 5.60. The van der Waals surface area contributed by atoms with E-state index in [1.165, 1.54) is 0 Å². The molecule has 6 heteroatoms. The molecule has 3 rings (SSSR count). The molecule has 30 heavy (non-hydrogen) atoms. The first-order valence-electron chi connectivity index (χ1n) is 10.6. The van der Waals surface area contributed by atoms with Crippen molar-refractivity contribution in [2.24, 2.45) is 0 Å². The monoisotopic (exact) mass is 409 g/mol. The second-order valence-electron chi connectivity index (χ2n) is 7.46. The first-order chi connectivity index (χ1) is 14.6. The van der Waals surface area contributed by atoms with Crippen LogP contribution in [0, 0.1) is 0 Å². The number of hydrogen-bond donors (Lipinski definition) is 0. The minimum absolute atomic E-state index is 0.117. The van der Waals surface area contributed by atoms with E-state index in [2.05, 4.69) is 11.8 Å². The molecule has 2 aromatic rings. The van der Waals surface area contributed by atoms with Crippen molar-refractivity contribution in [3.8, 4) is 5.75 Å². The second-order valence-corrected chi connectivity index (χ2v) is 7.46. The molecule has 0 N–H and O–H groups in total. The van der Waals surface area contributed by atoms with Gasteiger partial charge in [0.15, 0.2) is 0 Å². The number of hydrogen-bond acceptors (Lipinski definition) is 4. The van der Waals surface area contributed by atoms with E-state index >= 15 is 0 Å². The van der Waals surface area contributed by atoms with Gasteiger partial charge in [0.25, 0.3) is 0 Å². The fourth-order valence-corrected chi connectivity index (χ4v) is 3.69. The molecule has 2 aromatic carbocycles. The summed E-state index contributed by atoms with van der Waals surface area (Å²) in [7, 11) is 1.64. The Morgan fingerprint density at radius 1 is 0.900 bits per heavy atom. The van der Waals surface area contributed by atoms with Gasteiger partial charge < -0.3 is 19.4 Å². The van der Waals surface area contributed by atoms with Crippen LogP contribution < -0.4 is 9.64 Å². The molecule has 1 saturated heterocycles. The fourth-order valence-electron chi connectivity index (χ4n) is 3.69. The molecule has 0 aromatic heterocycles. The van der Waals surface area contributed by atoms with Gasteiger partial charge in [-0.05, 0) is 43.2 Å². The van der Waals surface area contributed by atoms with Gasteiger partial charge in [0, 0.05) is 44.8 Å². The number of ether oxygens (including phenoxy) is 1. The van der Waals surface area contributed by atoms with Crippen LogP contribution in [-0.4, -0.2) is 68.0 Å². The number of benzene rings is 2. The number of carbonyl (C=O) groups excluding carboxylic acids is 2. The molecule has 1 heterocycles. The summed E-state index contributed by atoms with van der Waals surface area (Å²) in [5.41, 5.74) is 2.18. The van der Waals surface area contributed by atoms with E-state index < -0.39 is 0 Å². The normalized spacial score (nSPS) is 13.8. The summed E-state index contributed by atoms with van der Waals surface area (Å²) < 4.78 is 5.17. The summed E-state index contributed by atoms with van der Waals surface area (Å²) in [6, 6.07) is 17.8. The highest BCUT2D eigenvalue weighted by molar-refractivity contribution is 5.82. The van der Waals surface area contributed by atoms with Crippen molar-refractivity contribution in [2.75, 3.05) is 51.3 Å². The lowest BCUT2D eigenvalue weighted by molar-refractivity contribution is -0.138. The van der Waals surface area contributed by atoms with Crippen LogP contribution >= 0.6 is 0 Å². The highest BCUT2D eigenvalue weighted by Crippen LogP contribution is 2.15. The van der Waals surface area contributed by atoms with Gasteiger partial charge in [-0.15, -0.1) is 0 Å². The minimum atomic E-state index is 0.117. The Morgan fingerprint density at radius 3 is 2.07 bits per heavy atom. The van der Waals surface area contributed by atoms with Gasteiger partial charge in [0.2, 0.25) is 11.8 Å². The zero-order valence-electron chi connectivity index (χ0n) is 17.9. The van der Waals surface area contributed by atoms with Gasteiger partial charge >= 0.3 is 0 Å². The van der Waals surface area contributed by atoms with Gasteiger partial charge in [-0.1, -0.05) is 30.3 Å². The number of rotatable bonds is 8. The number of nitrogens with zero attached hydrogens (tertiary/aromatic N) is 3. The average molecular weight is 410 g/mol. The lowest BCUT2D eigenvalue weighted by Gasteiger charge is -2.36. The Hall–Kier alpha value is -3.02. The Labute approximate surface area is 179 Å². The van der Waals surface area contributed by atoms with Crippen LogP contribution in [-0.2, 0) is 16.0 Å². The van der Waals surface area contributed by atoms with Crippen molar-refractivity contribution in [1.82, 2.24) is 9.80 Å². The molecule has 0 radical (unpaired) electrons. The Balaban J connectivity index is 1.44. The highest BCUT2D eigenvalue weighted by atomic mass is 16.5. The summed E-state index contributed by atoms with van der Waals surface area (Å²) in [5, 5.41) is 0. The molecule has 0 spiro atoms. The molecule has 0 aliphatic carbocycles. The molecule has 0 unspecified atom stereocenters. The van der Waals surface area contributed by atoms with E-state index in [4.69, 9.17) is 4.74 Å². The third kappa shape index (κ3) is 5.75. The number of para-hydroxylation sites is 1. The molecule has 1 aliphatic rings. The largest absolute Gasteiger partial charge is 0.497 e. The lowest BCUT2D eigenvalue weighted by atomic mass is 10.1. The third-order valence-corrected chi connectivity index (χ3v) is 5.60. The first kappa shape index (κ1) is 21.7. The van der Waals surface area contributed by atoms with Gasteiger partial charge in [0.05, 0.1) is 13.7 Å². The molecular formula is C24H31N3O3. The van der Waals surface area contributed by atoms with Crippen molar-refractivity contribution < 1.29 is 14.3 Å². The van der Waals surface area contributed by atoms with Gasteiger partial charge in [0.1, 0.15) is 5.75 Å². The molecular weight excluding hydrogens is 378 g/mol. The topological polar surface area (TPSA) is 53.1 Å². The van der Waals surface area contributed by atoms with E-state index in [-0.39, 0.29) is 11.8 Å². The summed E-state index contributed by atoms with van der Waals surface area (Å²) in [4.78, 5) is 31.1. The Bertz CT molecular complexity index is 815. The van der Waals surface area contributed by atoms with Crippen LogP contribution in [0.5, 0.6) is 5.75 Å². The average Bonchev–Trinajstić information content (AvgIpc) is 2.81. The lowest BCUT2D eigenvalue weighted by Crippen LogP contribution is -2.52. The van der Waals surface area contributed by atoms with Gasteiger partial charge in [-0.3, -0.25) is 9.59 Å². The van der Waals surface area contributed by atoms with E-state index in [9.17, 15) is 9.59 Å². The third-order valence-electron chi connectivity index (χ3n) is 5.60. The molecule has 0 saturated carbocycles. The van der Waals surface area contributed by atoms with Crippen LogP contribution in [0.4, 0.5) is 5.69 Å². The number of piperazine rings is 1. The number of amides is 2. The molecule has 0 bridgehead atoms. The second kappa shape index (κ2) is 10.7. The van der Waals surface area contributed by atoms with Crippen LogP contribution in [0.25, 0.3) is 0 Å². The van der Waals surface area contributed by atoms with Gasteiger partial charge in [-0.25, -0.2) is 0 Å². The summed E-state index contributed by atoms with van der Waals surface area (Å²) >= 11 is 0. The van der Waals surface area contributed by atoms with E-state index in [0.717, 1.165) is 23.5 Å². The van der Waals surface area contributed by atoms with E-state index in [1.54, 1.807) is 7.11 Å². The first-order valence-corrected chi connectivity index (χ1v) is 10.6. The fraction of sp³-hybridized carbons (Fsp3) is 0.417. The van der Waals surface area contributed by atoms with E-state index in [1.807, 2.05) is 64.4 Å². The van der Waals surface area contributed by atoms with Crippen LogP contribution in [0.2, 0.25) is 0 Å². The molecule has 2 amide bonds. The van der Waals surface area contributed by atoms with Crippen LogP contribution in [0.3, 0.4) is 0 Å². The predicted octanol–water partition coefficient (Wildman–Crippen LogP) is 2.83. The van der Waals surface area contributed by atoms with Crippen LogP contribution in [0.1, 0.15) is 18.9 Å². The zero-order chi connectivity index (χ0) is 21.3. The van der Waals surface area contributed by atoms with Crippen LogP contribution in [0.15, 0.2) is 54.6 Å². The van der Waals surface area contributed by atoms with Crippen molar-refractivity contribution in [2.45, 2.75) is 19.8 Å². The number of anilines is 1. The standard InChI is InChI=1S/C24H31N3O3/c1-3-25(21-7-5-4-6-8-21)19-24(29)27-17-15-26(16-18-27)23(28)14-11-20-9-12-22(30-2)13-10-20/h4-10,12-13H,3,11,14-19H2,1-2H3. The SMILES string of the molecule is CCN(CC(=O)N1CCN(C(=O)CCc2ccc(OC)cc2)CC1)c1ccccc1. The Morgan fingerprint density at radius 2 is 1.50 bits per heavy atom. The van der Waals surface area contributed by atoms with Crippen molar-refractivity contribution in [3.63, 3.8) is 0 Å². The minimum Gasteiger partial charge on any atom is -0.497 e.